The van der Waals surface area contributed by atoms with Crippen LogP contribution in [0, 0.1) is 11.6 Å². The van der Waals surface area contributed by atoms with E-state index in [1.54, 1.807) is 0 Å². The first-order valence-electron chi connectivity index (χ1n) is 5.31. The summed E-state index contributed by atoms with van der Waals surface area (Å²) >= 11 is 0. The average molecular weight is 246 g/mol. The fourth-order valence-corrected chi connectivity index (χ4v) is 1.92. The molecule has 1 heterocycles. The summed E-state index contributed by atoms with van der Waals surface area (Å²) in [4.78, 5) is 14.4. The summed E-state index contributed by atoms with van der Waals surface area (Å²) in [6.45, 7) is 0. The summed E-state index contributed by atoms with van der Waals surface area (Å²) in [6, 6.07) is 9.46. The maximum atomic E-state index is 13.2. The molecule has 2 aromatic carbocycles. The quantitative estimate of drug-likeness (QED) is 0.704. The molecular formula is C13H8F2N2O. The molecule has 0 aliphatic carbocycles. The van der Waals surface area contributed by atoms with E-state index in [2.05, 4.69) is 4.98 Å². The standard InChI is InChI=1S/C13H8F2N2O/c14-8-1-4-10(5-2-8)17-12-7-9(15)3-6-11(12)16-13(17)18/h1-7H,(H,16,18). The molecule has 0 amide bonds. The zero-order chi connectivity index (χ0) is 12.7. The van der Waals surface area contributed by atoms with Gasteiger partial charge in [0.15, 0.2) is 0 Å². The van der Waals surface area contributed by atoms with Crippen molar-refractivity contribution in [1.82, 2.24) is 9.55 Å². The molecule has 0 atom stereocenters. The first-order valence-corrected chi connectivity index (χ1v) is 5.31. The molecule has 1 aromatic heterocycles. The highest BCUT2D eigenvalue weighted by atomic mass is 19.1. The second-order valence-corrected chi connectivity index (χ2v) is 3.90. The lowest BCUT2D eigenvalue weighted by molar-refractivity contribution is 0.626. The van der Waals surface area contributed by atoms with Gasteiger partial charge in [-0.2, -0.15) is 0 Å². The normalized spacial score (nSPS) is 11.0. The van der Waals surface area contributed by atoms with Crippen molar-refractivity contribution >= 4 is 11.0 Å². The number of rotatable bonds is 1. The minimum Gasteiger partial charge on any atom is -0.305 e. The largest absolute Gasteiger partial charge is 0.331 e. The lowest BCUT2D eigenvalue weighted by Crippen LogP contribution is -2.14. The van der Waals surface area contributed by atoms with Crippen molar-refractivity contribution < 1.29 is 8.78 Å². The van der Waals surface area contributed by atoms with Gasteiger partial charge in [0.25, 0.3) is 0 Å². The Morgan fingerprint density at radius 3 is 2.33 bits per heavy atom. The van der Waals surface area contributed by atoms with Gasteiger partial charge in [-0.1, -0.05) is 0 Å². The molecule has 0 spiro atoms. The molecule has 5 heteroatoms. The number of nitrogens with zero attached hydrogens (tertiary/aromatic N) is 1. The third-order valence-electron chi connectivity index (χ3n) is 2.73. The van der Waals surface area contributed by atoms with E-state index in [4.69, 9.17) is 0 Å². The molecule has 0 bridgehead atoms. The highest BCUT2D eigenvalue weighted by Crippen LogP contribution is 2.16. The van der Waals surface area contributed by atoms with E-state index in [0.717, 1.165) is 0 Å². The second-order valence-electron chi connectivity index (χ2n) is 3.90. The number of aromatic nitrogens is 2. The number of benzene rings is 2. The summed E-state index contributed by atoms with van der Waals surface area (Å²) < 4.78 is 27.4. The summed E-state index contributed by atoms with van der Waals surface area (Å²) in [7, 11) is 0. The Morgan fingerprint density at radius 2 is 1.61 bits per heavy atom. The van der Waals surface area contributed by atoms with Crippen LogP contribution in [0.15, 0.2) is 47.3 Å². The van der Waals surface area contributed by atoms with Crippen molar-refractivity contribution in [2.45, 2.75) is 0 Å². The predicted molar refractivity (Wildman–Crippen MR) is 63.8 cm³/mol. The van der Waals surface area contributed by atoms with Crippen LogP contribution in [-0.4, -0.2) is 9.55 Å². The number of nitrogens with one attached hydrogen (secondary N) is 1. The van der Waals surface area contributed by atoms with E-state index in [1.807, 2.05) is 0 Å². The van der Waals surface area contributed by atoms with E-state index in [0.29, 0.717) is 16.7 Å². The van der Waals surface area contributed by atoms with E-state index >= 15 is 0 Å². The van der Waals surface area contributed by atoms with Crippen LogP contribution in [0.1, 0.15) is 0 Å². The highest BCUT2D eigenvalue weighted by Gasteiger charge is 2.09. The number of hydrogen-bond donors (Lipinski definition) is 1. The first kappa shape index (κ1) is 10.7. The van der Waals surface area contributed by atoms with E-state index in [9.17, 15) is 13.6 Å². The van der Waals surface area contributed by atoms with Gasteiger partial charge in [0.05, 0.1) is 16.7 Å². The summed E-state index contributed by atoms with van der Waals surface area (Å²) in [5.74, 6) is -0.824. The Labute approximate surface area is 100 Å². The molecule has 18 heavy (non-hydrogen) atoms. The summed E-state index contributed by atoms with van der Waals surface area (Å²) in [5.41, 5.74) is 1.05. The van der Waals surface area contributed by atoms with E-state index < -0.39 is 11.6 Å². The number of halogens is 2. The SMILES string of the molecule is O=c1[nH]c2ccc(F)cc2n1-c1ccc(F)cc1. The van der Waals surface area contributed by atoms with Gasteiger partial charge in [0.2, 0.25) is 0 Å². The summed E-state index contributed by atoms with van der Waals surface area (Å²) in [6.07, 6.45) is 0. The number of imidazole rings is 1. The highest BCUT2D eigenvalue weighted by molar-refractivity contribution is 5.77. The molecule has 1 N–H and O–H groups in total. The van der Waals surface area contributed by atoms with Crippen LogP contribution in [-0.2, 0) is 0 Å². The number of aromatic amines is 1. The van der Waals surface area contributed by atoms with Gasteiger partial charge in [-0.3, -0.25) is 4.57 Å². The Balaban J connectivity index is 2.34. The number of hydrogen-bond acceptors (Lipinski definition) is 1. The van der Waals surface area contributed by atoms with Crippen LogP contribution in [0.4, 0.5) is 8.78 Å². The average Bonchev–Trinajstić information content (AvgIpc) is 2.66. The topological polar surface area (TPSA) is 37.8 Å². The predicted octanol–water partition coefficient (Wildman–Crippen LogP) is 2.60. The van der Waals surface area contributed by atoms with Gasteiger partial charge >= 0.3 is 5.69 Å². The monoisotopic (exact) mass is 246 g/mol. The molecule has 0 fully saturated rings. The lowest BCUT2D eigenvalue weighted by Gasteiger charge is -2.02. The zero-order valence-electron chi connectivity index (χ0n) is 9.15. The minimum absolute atomic E-state index is 0.387. The van der Waals surface area contributed by atoms with Gasteiger partial charge in [-0.25, -0.2) is 13.6 Å². The van der Waals surface area contributed by atoms with Gasteiger partial charge < -0.3 is 4.98 Å². The van der Waals surface area contributed by atoms with Crippen LogP contribution < -0.4 is 5.69 Å². The minimum atomic E-state index is -0.433. The maximum absolute atomic E-state index is 13.2. The zero-order valence-corrected chi connectivity index (χ0v) is 9.15. The van der Waals surface area contributed by atoms with Crippen molar-refractivity contribution in [3.63, 3.8) is 0 Å². The van der Waals surface area contributed by atoms with E-state index in [1.165, 1.54) is 47.0 Å². The molecule has 0 unspecified atom stereocenters. The molecule has 3 rings (SSSR count). The molecule has 3 aromatic rings. The van der Waals surface area contributed by atoms with Crippen molar-refractivity contribution in [2.24, 2.45) is 0 Å². The number of fused-ring (bicyclic) bond motifs is 1. The van der Waals surface area contributed by atoms with Crippen LogP contribution in [0.2, 0.25) is 0 Å². The van der Waals surface area contributed by atoms with Crippen LogP contribution in [0.5, 0.6) is 0 Å². The fraction of sp³-hybridized carbons (Fsp3) is 0. The van der Waals surface area contributed by atoms with Crippen LogP contribution in [0.25, 0.3) is 16.7 Å². The Morgan fingerprint density at radius 1 is 0.944 bits per heavy atom. The van der Waals surface area contributed by atoms with Crippen molar-refractivity contribution in [1.29, 1.82) is 0 Å². The molecule has 0 radical (unpaired) electrons. The van der Waals surface area contributed by atoms with Crippen molar-refractivity contribution in [3.05, 3.63) is 64.6 Å². The Bertz CT molecular complexity index is 772. The summed E-state index contributed by atoms with van der Waals surface area (Å²) in [5, 5.41) is 0. The molecule has 0 aliphatic heterocycles. The van der Waals surface area contributed by atoms with Gasteiger partial charge in [-0.15, -0.1) is 0 Å². The van der Waals surface area contributed by atoms with E-state index in [-0.39, 0.29) is 5.69 Å². The molecule has 90 valence electrons. The Hall–Kier alpha value is -2.43. The third-order valence-corrected chi connectivity index (χ3v) is 2.73. The molecule has 0 aliphatic rings. The van der Waals surface area contributed by atoms with Crippen LogP contribution >= 0.6 is 0 Å². The first-order chi connectivity index (χ1) is 8.65. The second kappa shape index (κ2) is 3.80. The molecule has 0 saturated heterocycles. The Kier molecular flexibility index (Phi) is 2.26. The van der Waals surface area contributed by atoms with Gasteiger partial charge in [0.1, 0.15) is 11.6 Å². The van der Waals surface area contributed by atoms with Crippen LogP contribution in [0.3, 0.4) is 0 Å². The molecular weight excluding hydrogens is 238 g/mol. The maximum Gasteiger partial charge on any atom is 0.331 e. The van der Waals surface area contributed by atoms with Crippen molar-refractivity contribution in [3.8, 4) is 5.69 Å². The van der Waals surface area contributed by atoms with Crippen molar-refractivity contribution in [2.75, 3.05) is 0 Å². The van der Waals surface area contributed by atoms with Gasteiger partial charge in [-0.05, 0) is 36.4 Å². The molecule has 3 nitrogen and oxygen atoms in total. The smallest absolute Gasteiger partial charge is 0.305 e. The number of H-pyrrole nitrogens is 1. The third kappa shape index (κ3) is 1.60. The van der Waals surface area contributed by atoms with Gasteiger partial charge in [0, 0.05) is 6.07 Å². The molecule has 0 saturated carbocycles. The fourth-order valence-electron chi connectivity index (χ4n) is 1.92. The lowest BCUT2D eigenvalue weighted by atomic mass is 10.2.